The van der Waals surface area contributed by atoms with Crippen LogP contribution in [0.3, 0.4) is 0 Å². The van der Waals surface area contributed by atoms with Crippen molar-refractivity contribution in [2.24, 2.45) is 5.92 Å². The molecule has 13 heavy (non-hydrogen) atoms. The minimum Gasteiger partial charge on any atom is -0.391 e. The number of nitrogens with zero attached hydrogens (tertiary/aromatic N) is 1. The molecule has 3 heteroatoms. The molecule has 0 aromatic carbocycles. The van der Waals surface area contributed by atoms with Gasteiger partial charge in [-0.15, -0.1) is 0 Å². The third-order valence-electron chi connectivity index (χ3n) is 3.48. The first-order valence-electron chi connectivity index (χ1n) is 5.05. The molecule has 1 N–H and O–H groups in total. The van der Waals surface area contributed by atoms with E-state index in [1.165, 1.54) is 0 Å². The van der Waals surface area contributed by atoms with Gasteiger partial charge in [-0.2, -0.15) is 0 Å². The van der Waals surface area contributed by atoms with Crippen molar-refractivity contribution < 1.29 is 9.90 Å². The van der Waals surface area contributed by atoms with Gasteiger partial charge in [0.25, 0.3) is 0 Å². The van der Waals surface area contributed by atoms with Gasteiger partial charge in [0, 0.05) is 12.1 Å². The maximum atomic E-state index is 11.5. The zero-order valence-corrected chi connectivity index (χ0v) is 8.29. The Balaban J connectivity index is 2.13. The van der Waals surface area contributed by atoms with Gasteiger partial charge < -0.3 is 10.0 Å². The van der Waals surface area contributed by atoms with Crippen molar-refractivity contribution >= 4 is 5.91 Å². The van der Waals surface area contributed by atoms with Gasteiger partial charge in [-0.3, -0.25) is 4.79 Å². The second kappa shape index (κ2) is 2.71. The SMILES string of the molecule is CC(C)C1(N2CC(O)CC2=O)CC1. The van der Waals surface area contributed by atoms with E-state index in [-0.39, 0.29) is 11.4 Å². The zero-order valence-electron chi connectivity index (χ0n) is 8.29. The molecule has 1 aliphatic heterocycles. The summed E-state index contributed by atoms with van der Waals surface area (Å²) < 4.78 is 0. The molecule has 1 aliphatic carbocycles. The van der Waals surface area contributed by atoms with Crippen molar-refractivity contribution in [2.45, 2.75) is 44.8 Å². The molecule has 1 saturated heterocycles. The van der Waals surface area contributed by atoms with Crippen LogP contribution in [-0.4, -0.2) is 34.1 Å². The Labute approximate surface area is 78.7 Å². The van der Waals surface area contributed by atoms with E-state index in [9.17, 15) is 9.90 Å². The number of hydrogen-bond donors (Lipinski definition) is 1. The summed E-state index contributed by atoms with van der Waals surface area (Å²) in [6.07, 6.45) is 2.13. The van der Waals surface area contributed by atoms with Gasteiger partial charge in [0.15, 0.2) is 0 Å². The molecule has 0 radical (unpaired) electrons. The highest BCUT2D eigenvalue weighted by Gasteiger charge is 2.54. The zero-order chi connectivity index (χ0) is 9.64. The highest BCUT2D eigenvalue weighted by Crippen LogP contribution is 2.49. The van der Waals surface area contributed by atoms with Crippen LogP contribution in [0.15, 0.2) is 0 Å². The normalized spacial score (nSPS) is 31.5. The summed E-state index contributed by atoms with van der Waals surface area (Å²) in [7, 11) is 0. The molecule has 1 heterocycles. The van der Waals surface area contributed by atoms with Crippen LogP contribution in [0, 0.1) is 5.92 Å². The molecule has 0 aromatic rings. The molecule has 2 aliphatic rings. The standard InChI is InChI=1S/C10H17NO2/c1-7(2)10(3-4-10)11-6-8(12)5-9(11)13/h7-8,12H,3-6H2,1-2H3. The molecule has 0 spiro atoms. The fourth-order valence-electron chi connectivity index (χ4n) is 2.41. The van der Waals surface area contributed by atoms with Gasteiger partial charge in [-0.1, -0.05) is 13.8 Å². The molecule has 74 valence electrons. The summed E-state index contributed by atoms with van der Waals surface area (Å²) in [5, 5.41) is 9.38. The molecule has 0 bridgehead atoms. The Morgan fingerprint density at radius 2 is 2.15 bits per heavy atom. The van der Waals surface area contributed by atoms with Crippen LogP contribution >= 0.6 is 0 Å². The number of carbonyl (C=O) groups excluding carboxylic acids is 1. The predicted molar refractivity (Wildman–Crippen MR) is 49.1 cm³/mol. The fraction of sp³-hybridized carbons (Fsp3) is 0.900. The first-order valence-corrected chi connectivity index (χ1v) is 5.05. The summed E-state index contributed by atoms with van der Waals surface area (Å²) >= 11 is 0. The number of aliphatic hydroxyl groups is 1. The Morgan fingerprint density at radius 1 is 1.54 bits per heavy atom. The smallest absolute Gasteiger partial charge is 0.225 e. The van der Waals surface area contributed by atoms with Crippen molar-refractivity contribution in [2.75, 3.05) is 6.54 Å². The van der Waals surface area contributed by atoms with Gasteiger partial charge in [0.1, 0.15) is 0 Å². The number of β-amino-alcohol motifs (C(OH)–C–C–N with tert-alkyl or cyclic N) is 1. The Kier molecular flexibility index (Phi) is 1.88. The largest absolute Gasteiger partial charge is 0.391 e. The first kappa shape index (κ1) is 9.00. The molecule has 3 nitrogen and oxygen atoms in total. The van der Waals surface area contributed by atoms with Crippen LogP contribution in [0.2, 0.25) is 0 Å². The molecule has 1 saturated carbocycles. The lowest BCUT2D eigenvalue weighted by Crippen LogP contribution is -2.42. The minimum absolute atomic E-state index is 0.106. The van der Waals surface area contributed by atoms with Gasteiger partial charge in [0.2, 0.25) is 5.91 Å². The van der Waals surface area contributed by atoms with Crippen LogP contribution < -0.4 is 0 Å². The van der Waals surface area contributed by atoms with Crippen LogP contribution in [0.1, 0.15) is 33.1 Å². The summed E-state index contributed by atoms with van der Waals surface area (Å²) in [5.41, 5.74) is 0.106. The Morgan fingerprint density at radius 3 is 2.46 bits per heavy atom. The molecular weight excluding hydrogens is 166 g/mol. The first-order chi connectivity index (χ1) is 6.06. The molecule has 1 atom stereocenters. The van der Waals surface area contributed by atoms with E-state index in [0.717, 1.165) is 12.8 Å². The number of carbonyl (C=O) groups is 1. The summed E-state index contributed by atoms with van der Waals surface area (Å²) in [4.78, 5) is 13.4. The van der Waals surface area contributed by atoms with Gasteiger partial charge >= 0.3 is 0 Å². The van der Waals surface area contributed by atoms with Crippen LogP contribution in [0.4, 0.5) is 0 Å². The lowest BCUT2D eigenvalue weighted by Gasteiger charge is -2.31. The molecule has 2 fully saturated rings. The topological polar surface area (TPSA) is 40.5 Å². The number of rotatable bonds is 2. The highest BCUT2D eigenvalue weighted by molar-refractivity contribution is 5.80. The van der Waals surface area contributed by atoms with Crippen molar-refractivity contribution in [3.8, 4) is 0 Å². The van der Waals surface area contributed by atoms with Crippen LogP contribution in [0.5, 0.6) is 0 Å². The Hall–Kier alpha value is -0.570. The van der Waals surface area contributed by atoms with Crippen molar-refractivity contribution in [3.63, 3.8) is 0 Å². The fourth-order valence-corrected chi connectivity index (χ4v) is 2.41. The van der Waals surface area contributed by atoms with E-state index in [1.54, 1.807) is 0 Å². The minimum atomic E-state index is -0.427. The maximum absolute atomic E-state index is 11.5. The average molecular weight is 183 g/mol. The highest BCUT2D eigenvalue weighted by atomic mass is 16.3. The van der Waals surface area contributed by atoms with Crippen molar-refractivity contribution in [3.05, 3.63) is 0 Å². The third kappa shape index (κ3) is 1.26. The second-order valence-corrected chi connectivity index (χ2v) is 4.62. The number of aliphatic hydroxyl groups excluding tert-OH is 1. The summed E-state index contributed by atoms with van der Waals surface area (Å²) in [6, 6.07) is 0. The lowest BCUT2D eigenvalue weighted by atomic mass is 10.0. The average Bonchev–Trinajstić information content (AvgIpc) is 2.75. The number of likely N-dealkylation sites (tertiary alicyclic amines) is 1. The molecular formula is C10H17NO2. The van der Waals surface area contributed by atoms with E-state index in [0.29, 0.717) is 18.9 Å². The summed E-state index contributed by atoms with van der Waals surface area (Å²) in [6.45, 7) is 4.87. The van der Waals surface area contributed by atoms with Gasteiger partial charge in [-0.05, 0) is 18.8 Å². The van der Waals surface area contributed by atoms with E-state index in [2.05, 4.69) is 13.8 Å². The van der Waals surface area contributed by atoms with Crippen LogP contribution in [-0.2, 0) is 4.79 Å². The van der Waals surface area contributed by atoms with E-state index in [1.807, 2.05) is 4.90 Å². The molecule has 1 amide bonds. The quantitative estimate of drug-likeness (QED) is 0.687. The number of amides is 1. The maximum Gasteiger partial charge on any atom is 0.225 e. The van der Waals surface area contributed by atoms with E-state index >= 15 is 0 Å². The second-order valence-electron chi connectivity index (χ2n) is 4.62. The Bertz CT molecular complexity index is 233. The monoisotopic (exact) mass is 183 g/mol. The van der Waals surface area contributed by atoms with E-state index in [4.69, 9.17) is 0 Å². The molecule has 2 rings (SSSR count). The molecule has 1 unspecified atom stereocenters. The molecule has 0 aromatic heterocycles. The number of hydrogen-bond acceptors (Lipinski definition) is 2. The summed E-state index contributed by atoms with van der Waals surface area (Å²) in [5.74, 6) is 0.653. The van der Waals surface area contributed by atoms with Crippen molar-refractivity contribution in [1.29, 1.82) is 0 Å². The van der Waals surface area contributed by atoms with E-state index < -0.39 is 6.10 Å². The van der Waals surface area contributed by atoms with Crippen LogP contribution in [0.25, 0.3) is 0 Å². The van der Waals surface area contributed by atoms with Gasteiger partial charge in [-0.25, -0.2) is 0 Å². The predicted octanol–water partition coefficient (Wildman–Crippen LogP) is 0.768. The third-order valence-corrected chi connectivity index (χ3v) is 3.48. The van der Waals surface area contributed by atoms with Crippen molar-refractivity contribution in [1.82, 2.24) is 4.90 Å². The lowest BCUT2D eigenvalue weighted by molar-refractivity contribution is -0.131. The van der Waals surface area contributed by atoms with Gasteiger partial charge in [0.05, 0.1) is 12.5 Å².